The summed E-state index contributed by atoms with van der Waals surface area (Å²) >= 11 is 0. The van der Waals surface area contributed by atoms with E-state index in [0.717, 1.165) is 13.0 Å². The number of aryl methyl sites for hydroxylation is 1. The Morgan fingerprint density at radius 2 is 2.24 bits per heavy atom. The van der Waals surface area contributed by atoms with E-state index in [2.05, 4.69) is 5.32 Å². The molecule has 1 aromatic carbocycles. The topological polar surface area (TPSA) is 49.3 Å². The van der Waals surface area contributed by atoms with Gasteiger partial charge in [-0.3, -0.25) is 4.79 Å². The summed E-state index contributed by atoms with van der Waals surface area (Å²) in [5.74, 6) is -1.09. The van der Waals surface area contributed by atoms with Crippen LogP contribution < -0.4 is 5.32 Å². The van der Waals surface area contributed by atoms with Gasteiger partial charge in [-0.2, -0.15) is 0 Å². The first-order valence-electron chi connectivity index (χ1n) is 5.86. The lowest BCUT2D eigenvalue weighted by molar-refractivity contribution is -0.144. The van der Waals surface area contributed by atoms with Gasteiger partial charge in [0.1, 0.15) is 11.4 Å². The highest BCUT2D eigenvalue weighted by Gasteiger charge is 2.40. The van der Waals surface area contributed by atoms with Gasteiger partial charge in [-0.05, 0) is 43.9 Å². The molecular weight excluding hydrogens is 221 g/mol. The van der Waals surface area contributed by atoms with Gasteiger partial charge in [-0.1, -0.05) is 18.2 Å². The smallest absolute Gasteiger partial charge is 0.323 e. The minimum atomic E-state index is -0.859. The number of aliphatic carboxylic acids is 1. The maximum atomic E-state index is 13.4. The molecule has 17 heavy (non-hydrogen) atoms. The van der Waals surface area contributed by atoms with Gasteiger partial charge < -0.3 is 10.4 Å². The molecule has 1 aliphatic heterocycles. The van der Waals surface area contributed by atoms with Crippen LogP contribution in [0.3, 0.4) is 0 Å². The molecule has 0 spiro atoms. The average Bonchev–Trinajstić information content (AvgIpc) is 2.78. The van der Waals surface area contributed by atoms with Crippen molar-refractivity contribution in [1.29, 1.82) is 0 Å². The summed E-state index contributed by atoms with van der Waals surface area (Å²) in [6.45, 7) is 0.726. The molecule has 1 aromatic rings. The van der Waals surface area contributed by atoms with E-state index in [0.29, 0.717) is 24.8 Å². The van der Waals surface area contributed by atoms with Crippen molar-refractivity contribution in [2.75, 3.05) is 6.54 Å². The maximum Gasteiger partial charge on any atom is 0.323 e. The number of nitrogens with one attached hydrogen (secondary N) is 1. The molecular formula is C13H16FNO2. The Balaban J connectivity index is 2.06. The molecule has 0 radical (unpaired) electrons. The SMILES string of the molecule is O=C(O)C1(CCc2ccccc2F)CCCN1. The first-order valence-corrected chi connectivity index (χ1v) is 5.86. The monoisotopic (exact) mass is 237 g/mol. The van der Waals surface area contributed by atoms with E-state index in [1.165, 1.54) is 6.07 Å². The number of carboxylic acids is 1. The minimum Gasteiger partial charge on any atom is -0.480 e. The number of carbonyl (C=O) groups is 1. The van der Waals surface area contributed by atoms with Crippen LogP contribution in [-0.2, 0) is 11.2 Å². The summed E-state index contributed by atoms with van der Waals surface area (Å²) in [6.07, 6.45) is 2.37. The van der Waals surface area contributed by atoms with Crippen molar-refractivity contribution in [2.24, 2.45) is 0 Å². The number of rotatable bonds is 4. The zero-order valence-corrected chi connectivity index (χ0v) is 9.58. The fourth-order valence-corrected chi connectivity index (χ4v) is 2.36. The van der Waals surface area contributed by atoms with Gasteiger partial charge in [0.15, 0.2) is 0 Å². The van der Waals surface area contributed by atoms with E-state index in [1.54, 1.807) is 18.2 Å². The van der Waals surface area contributed by atoms with Gasteiger partial charge in [-0.25, -0.2) is 4.39 Å². The Morgan fingerprint density at radius 3 is 2.82 bits per heavy atom. The molecule has 0 aromatic heterocycles. The highest BCUT2D eigenvalue weighted by atomic mass is 19.1. The van der Waals surface area contributed by atoms with Gasteiger partial charge >= 0.3 is 5.97 Å². The zero-order chi connectivity index (χ0) is 12.3. The van der Waals surface area contributed by atoms with Gasteiger partial charge in [0, 0.05) is 0 Å². The number of carboxylic acid groups (broad SMARTS) is 1. The molecule has 1 aliphatic rings. The van der Waals surface area contributed by atoms with E-state index < -0.39 is 11.5 Å². The van der Waals surface area contributed by atoms with Crippen molar-refractivity contribution in [2.45, 2.75) is 31.2 Å². The highest BCUT2D eigenvalue weighted by molar-refractivity contribution is 5.79. The molecule has 2 N–H and O–H groups in total. The Labute approximate surface area is 99.7 Å². The number of benzene rings is 1. The third kappa shape index (κ3) is 2.47. The van der Waals surface area contributed by atoms with Crippen LogP contribution in [0.15, 0.2) is 24.3 Å². The van der Waals surface area contributed by atoms with Crippen LogP contribution in [0.2, 0.25) is 0 Å². The van der Waals surface area contributed by atoms with E-state index in [9.17, 15) is 14.3 Å². The molecule has 0 bridgehead atoms. The molecule has 0 saturated carbocycles. The Bertz CT molecular complexity index is 414. The van der Waals surface area contributed by atoms with Gasteiger partial charge in [0.05, 0.1) is 0 Å². The maximum absolute atomic E-state index is 13.4. The molecule has 2 rings (SSSR count). The summed E-state index contributed by atoms with van der Waals surface area (Å²) in [5, 5.41) is 12.3. The lowest BCUT2D eigenvalue weighted by Crippen LogP contribution is -2.47. The largest absolute Gasteiger partial charge is 0.480 e. The van der Waals surface area contributed by atoms with Crippen LogP contribution in [0.25, 0.3) is 0 Å². The molecule has 0 aliphatic carbocycles. The Kier molecular flexibility index (Phi) is 3.43. The van der Waals surface area contributed by atoms with Crippen molar-refractivity contribution < 1.29 is 14.3 Å². The summed E-state index contributed by atoms with van der Waals surface area (Å²) in [5.41, 5.74) is -0.274. The standard InChI is InChI=1S/C13H16FNO2/c14-11-5-2-1-4-10(11)6-8-13(12(16)17)7-3-9-15-13/h1-2,4-5,15H,3,6-9H2,(H,16,17). The molecule has 92 valence electrons. The third-order valence-electron chi connectivity index (χ3n) is 3.43. The number of halogens is 1. The van der Waals surface area contributed by atoms with Crippen molar-refractivity contribution in [3.63, 3.8) is 0 Å². The fourth-order valence-electron chi connectivity index (χ4n) is 2.36. The van der Waals surface area contributed by atoms with Crippen LogP contribution in [0.1, 0.15) is 24.8 Å². The third-order valence-corrected chi connectivity index (χ3v) is 3.43. The molecule has 1 heterocycles. The van der Waals surface area contributed by atoms with Gasteiger partial charge in [-0.15, -0.1) is 0 Å². The van der Waals surface area contributed by atoms with Gasteiger partial charge in [0.2, 0.25) is 0 Å². The average molecular weight is 237 g/mol. The lowest BCUT2D eigenvalue weighted by atomic mass is 9.90. The molecule has 1 unspecified atom stereocenters. The van der Waals surface area contributed by atoms with E-state index in [1.807, 2.05) is 0 Å². The van der Waals surface area contributed by atoms with Crippen molar-refractivity contribution in [3.05, 3.63) is 35.6 Å². The van der Waals surface area contributed by atoms with Crippen molar-refractivity contribution >= 4 is 5.97 Å². The zero-order valence-electron chi connectivity index (χ0n) is 9.58. The predicted molar refractivity (Wildman–Crippen MR) is 62.3 cm³/mol. The minimum absolute atomic E-state index is 0.258. The first kappa shape index (κ1) is 12.0. The summed E-state index contributed by atoms with van der Waals surface area (Å²) in [6, 6.07) is 6.53. The van der Waals surface area contributed by atoms with Crippen molar-refractivity contribution in [3.8, 4) is 0 Å². The summed E-state index contributed by atoms with van der Waals surface area (Å²) < 4.78 is 13.4. The molecule has 4 heteroatoms. The molecule has 0 amide bonds. The van der Waals surface area contributed by atoms with Gasteiger partial charge in [0.25, 0.3) is 0 Å². The van der Waals surface area contributed by atoms with Crippen LogP contribution in [0.4, 0.5) is 4.39 Å². The van der Waals surface area contributed by atoms with Crippen LogP contribution in [0, 0.1) is 5.82 Å². The molecule has 3 nitrogen and oxygen atoms in total. The van der Waals surface area contributed by atoms with Crippen molar-refractivity contribution in [1.82, 2.24) is 5.32 Å². The second-order valence-corrected chi connectivity index (χ2v) is 4.51. The highest BCUT2D eigenvalue weighted by Crippen LogP contribution is 2.25. The first-order chi connectivity index (χ1) is 8.14. The number of hydrogen-bond acceptors (Lipinski definition) is 2. The van der Waals surface area contributed by atoms with Crippen LogP contribution in [0.5, 0.6) is 0 Å². The Hall–Kier alpha value is -1.42. The van der Waals surface area contributed by atoms with E-state index in [4.69, 9.17) is 0 Å². The molecule has 1 fully saturated rings. The lowest BCUT2D eigenvalue weighted by Gasteiger charge is -2.24. The Morgan fingerprint density at radius 1 is 1.47 bits per heavy atom. The van der Waals surface area contributed by atoms with Crippen LogP contribution >= 0.6 is 0 Å². The fraction of sp³-hybridized carbons (Fsp3) is 0.462. The quantitative estimate of drug-likeness (QED) is 0.841. The van der Waals surface area contributed by atoms with Crippen LogP contribution in [-0.4, -0.2) is 23.2 Å². The predicted octanol–water partition coefficient (Wildman–Crippen LogP) is 1.97. The second kappa shape index (κ2) is 4.84. The summed E-state index contributed by atoms with van der Waals surface area (Å²) in [4.78, 5) is 11.3. The van der Waals surface area contributed by atoms with E-state index in [-0.39, 0.29) is 5.82 Å². The normalized spacial score (nSPS) is 23.8. The van der Waals surface area contributed by atoms with E-state index >= 15 is 0 Å². The number of hydrogen-bond donors (Lipinski definition) is 2. The second-order valence-electron chi connectivity index (χ2n) is 4.51. The molecule has 1 saturated heterocycles. The molecule has 1 atom stereocenters. The summed E-state index contributed by atoms with van der Waals surface area (Å²) in [7, 11) is 0.